The molecule has 1 N–H and O–H groups in total. The van der Waals surface area contributed by atoms with Crippen molar-refractivity contribution in [1.29, 1.82) is 0 Å². The fourth-order valence-electron chi connectivity index (χ4n) is 4.55. The molecular formula is C25H38O3. The van der Waals surface area contributed by atoms with Crippen LogP contribution in [0.2, 0.25) is 0 Å². The van der Waals surface area contributed by atoms with E-state index in [1.54, 1.807) is 6.92 Å². The van der Waals surface area contributed by atoms with Crippen molar-refractivity contribution in [1.82, 2.24) is 0 Å². The largest absolute Gasteiger partial charge is 0.481 e. The molecule has 156 valence electrons. The molecule has 1 saturated carbocycles. The number of carboxylic acid groups (broad SMARTS) is 1. The maximum atomic E-state index is 11.4. The van der Waals surface area contributed by atoms with Gasteiger partial charge in [0.1, 0.15) is 5.78 Å². The Bertz CT molecular complexity index is 611. The molecule has 1 aromatic rings. The molecule has 0 aliphatic heterocycles. The van der Waals surface area contributed by atoms with Crippen LogP contribution < -0.4 is 0 Å². The van der Waals surface area contributed by atoms with Gasteiger partial charge in [-0.3, -0.25) is 4.79 Å². The number of ketones is 1. The molecule has 1 aliphatic carbocycles. The zero-order valence-corrected chi connectivity index (χ0v) is 18.1. The van der Waals surface area contributed by atoms with E-state index >= 15 is 0 Å². The Morgan fingerprint density at radius 3 is 2.07 bits per heavy atom. The quantitative estimate of drug-likeness (QED) is 0.378. The maximum absolute atomic E-state index is 11.4. The molecule has 3 nitrogen and oxygen atoms in total. The Labute approximate surface area is 170 Å². The Balaban J connectivity index is 1.72. The average molecular weight is 387 g/mol. The Hall–Kier alpha value is -1.64. The second-order valence-electron chi connectivity index (χ2n) is 9.80. The van der Waals surface area contributed by atoms with Gasteiger partial charge in [-0.2, -0.15) is 0 Å². The Morgan fingerprint density at radius 2 is 1.57 bits per heavy atom. The van der Waals surface area contributed by atoms with Crippen LogP contribution in [0.3, 0.4) is 0 Å². The van der Waals surface area contributed by atoms with Crippen LogP contribution in [0.5, 0.6) is 0 Å². The Kier molecular flexibility index (Phi) is 8.27. The van der Waals surface area contributed by atoms with Crippen LogP contribution in [-0.4, -0.2) is 16.9 Å². The van der Waals surface area contributed by atoms with Crippen molar-refractivity contribution in [3.63, 3.8) is 0 Å². The van der Waals surface area contributed by atoms with E-state index in [1.165, 1.54) is 17.5 Å². The summed E-state index contributed by atoms with van der Waals surface area (Å²) >= 11 is 0. The monoisotopic (exact) mass is 386 g/mol. The first-order valence-electron chi connectivity index (χ1n) is 11.0. The third-order valence-corrected chi connectivity index (χ3v) is 6.28. The van der Waals surface area contributed by atoms with Gasteiger partial charge in [-0.1, -0.05) is 51.0 Å². The number of carbonyl (C=O) groups is 2. The summed E-state index contributed by atoms with van der Waals surface area (Å²) in [5, 5.41) is 9.04. The first-order chi connectivity index (χ1) is 13.2. The summed E-state index contributed by atoms with van der Waals surface area (Å²) in [4.78, 5) is 22.3. The number of hydrogen-bond donors (Lipinski definition) is 1. The first-order valence-corrected chi connectivity index (χ1v) is 11.0. The van der Waals surface area contributed by atoms with Gasteiger partial charge in [-0.15, -0.1) is 0 Å². The van der Waals surface area contributed by atoms with Crippen LogP contribution in [0.4, 0.5) is 0 Å². The fourth-order valence-corrected chi connectivity index (χ4v) is 4.55. The molecule has 0 amide bonds. The van der Waals surface area contributed by atoms with Crippen LogP contribution in [0, 0.1) is 10.8 Å². The van der Waals surface area contributed by atoms with Crippen molar-refractivity contribution in [3.8, 4) is 0 Å². The number of rotatable bonds is 14. The number of unbranched alkanes of at least 4 members (excludes halogenated alkanes) is 2. The first kappa shape index (κ1) is 22.6. The molecule has 28 heavy (non-hydrogen) atoms. The van der Waals surface area contributed by atoms with Crippen molar-refractivity contribution >= 4 is 11.8 Å². The van der Waals surface area contributed by atoms with Crippen molar-refractivity contribution in [3.05, 3.63) is 35.4 Å². The normalized spacial score (nSPS) is 15.4. The minimum absolute atomic E-state index is 0.111. The molecule has 0 heterocycles. The van der Waals surface area contributed by atoms with E-state index in [0.29, 0.717) is 12.8 Å². The van der Waals surface area contributed by atoms with E-state index in [2.05, 4.69) is 38.1 Å². The number of carbonyl (C=O) groups excluding carboxylic acids is 1. The molecular weight excluding hydrogens is 348 g/mol. The van der Waals surface area contributed by atoms with Gasteiger partial charge in [0.15, 0.2) is 0 Å². The summed E-state index contributed by atoms with van der Waals surface area (Å²) < 4.78 is 0. The minimum Gasteiger partial charge on any atom is -0.481 e. The van der Waals surface area contributed by atoms with Gasteiger partial charge in [0.25, 0.3) is 0 Å². The molecule has 1 fully saturated rings. The van der Waals surface area contributed by atoms with E-state index in [9.17, 15) is 9.59 Å². The average Bonchev–Trinajstić information content (AvgIpc) is 3.34. The summed E-state index contributed by atoms with van der Waals surface area (Å²) in [6.45, 7) is 6.07. The van der Waals surface area contributed by atoms with Crippen molar-refractivity contribution < 1.29 is 14.7 Å². The molecule has 0 radical (unpaired) electrons. The number of benzene rings is 1. The van der Waals surface area contributed by atoms with Crippen LogP contribution in [0.25, 0.3) is 0 Å². The smallest absolute Gasteiger partial charge is 0.303 e. The highest BCUT2D eigenvalue weighted by molar-refractivity contribution is 5.76. The number of Topliss-reactive ketones (excluding diaryl/α,β-unsaturated/α-hetero) is 1. The summed E-state index contributed by atoms with van der Waals surface area (Å²) in [5.41, 5.74) is 3.14. The molecule has 0 bridgehead atoms. The Morgan fingerprint density at radius 1 is 1.00 bits per heavy atom. The highest BCUT2D eigenvalue weighted by Gasteiger charge is 2.43. The molecule has 1 aromatic carbocycles. The molecule has 0 spiro atoms. The molecule has 0 aromatic heterocycles. The number of aryl methyl sites for hydroxylation is 2. The fraction of sp³-hybridized carbons (Fsp3) is 0.680. The summed E-state index contributed by atoms with van der Waals surface area (Å²) in [5.74, 6) is -0.360. The van der Waals surface area contributed by atoms with Gasteiger partial charge in [0.05, 0.1) is 6.42 Å². The summed E-state index contributed by atoms with van der Waals surface area (Å²) in [7, 11) is 0. The summed E-state index contributed by atoms with van der Waals surface area (Å²) in [6.07, 6.45) is 12.2. The van der Waals surface area contributed by atoms with E-state index in [4.69, 9.17) is 5.11 Å². The minimum atomic E-state index is -0.644. The maximum Gasteiger partial charge on any atom is 0.303 e. The SMILES string of the molecule is CC(=O)CC(C)(C)CCCCc1ccccc1CCCCC1(CC(=O)O)CC1. The van der Waals surface area contributed by atoms with Gasteiger partial charge in [0, 0.05) is 6.42 Å². The van der Waals surface area contributed by atoms with Gasteiger partial charge in [0.2, 0.25) is 0 Å². The van der Waals surface area contributed by atoms with Crippen LogP contribution in [-0.2, 0) is 22.4 Å². The molecule has 2 rings (SSSR count). The molecule has 3 heteroatoms. The van der Waals surface area contributed by atoms with E-state index in [-0.39, 0.29) is 16.6 Å². The van der Waals surface area contributed by atoms with Crippen molar-refractivity contribution in [2.45, 2.75) is 97.8 Å². The molecule has 1 aliphatic rings. The zero-order valence-electron chi connectivity index (χ0n) is 18.1. The highest BCUT2D eigenvalue weighted by atomic mass is 16.4. The lowest BCUT2D eigenvalue weighted by atomic mass is 9.82. The van der Waals surface area contributed by atoms with Gasteiger partial charge in [-0.25, -0.2) is 0 Å². The third-order valence-electron chi connectivity index (χ3n) is 6.28. The van der Waals surface area contributed by atoms with Gasteiger partial charge in [-0.05, 0) is 80.2 Å². The summed E-state index contributed by atoms with van der Waals surface area (Å²) in [6, 6.07) is 8.76. The lowest BCUT2D eigenvalue weighted by Gasteiger charge is -2.23. The zero-order chi connectivity index (χ0) is 20.6. The number of aliphatic carboxylic acids is 1. The van der Waals surface area contributed by atoms with E-state index in [1.807, 2.05) is 0 Å². The topological polar surface area (TPSA) is 54.4 Å². The highest BCUT2D eigenvalue weighted by Crippen LogP contribution is 2.52. The van der Waals surface area contributed by atoms with Crippen LogP contribution >= 0.6 is 0 Å². The second-order valence-corrected chi connectivity index (χ2v) is 9.80. The van der Waals surface area contributed by atoms with E-state index in [0.717, 1.165) is 57.8 Å². The molecule has 0 saturated heterocycles. The van der Waals surface area contributed by atoms with Crippen LogP contribution in [0.15, 0.2) is 24.3 Å². The molecule has 0 unspecified atom stereocenters. The predicted molar refractivity (Wildman–Crippen MR) is 115 cm³/mol. The van der Waals surface area contributed by atoms with Crippen molar-refractivity contribution in [2.24, 2.45) is 10.8 Å². The van der Waals surface area contributed by atoms with Crippen molar-refractivity contribution in [2.75, 3.05) is 0 Å². The lowest BCUT2D eigenvalue weighted by Crippen LogP contribution is -2.15. The standard InChI is InChI=1S/C25H38O3/c1-20(26)18-24(2,3)14-8-6-12-21-10-4-5-11-22(21)13-7-9-15-25(16-17-25)19-23(27)28/h4-5,10-11H,6-9,12-19H2,1-3H3,(H,27,28). The molecule has 0 atom stereocenters. The number of hydrogen-bond acceptors (Lipinski definition) is 2. The van der Waals surface area contributed by atoms with Gasteiger partial charge < -0.3 is 9.90 Å². The van der Waals surface area contributed by atoms with Crippen LogP contribution in [0.1, 0.15) is 96.1 Å². The van der Waals surface area contributed by atoms with Gasteiger partial charge >= 0.3 is 5.97 Å². The number of carboxylic acids is 1. The second kappa shape index (κ2) is 10.2. The van der Waals surface area contributed by atoms with E-state index < -0.39 is 5.97 Å². The predicted octanol–water partition coefficient (Wildman–Crippen LogP) is 6.37. The lowest BCUT2D eigenvalue weighted by molar-refractivity contribution is -0.138. The third kappa shape index (κ3) is 8.16.